The van der Waals surface area contributed by atoms with E-state index in [1.165, 1.54) is 29.2 Å². The lowest BCUT2D eigenvalue weighted by molar-refractivity contribution is -0.274. The number of nitrogens with zero attached hydrogens (tertiary/aromatic N) is 3. The Hall–Kier alpha value is -3.33. The fourth-order valence-corrected chi connectivity index (χ4v) is 3.81. The van der Waals surface area contributed by atoms with Gasteiger partial charge in [0.25, 0.3) is 5.91 Å². The Bertz CT molecular complexity index is 1220. The minimum absolute atomic E-state index is 0.00191. The smallest absolute Gasteiger partial charge is 0.406 e. The molecular formula is C22H16ClF4N3O2. The van der Waals surface area contributed by atoms with Crippen LogP contribution in [0, 0.1) is 19.7 Å². The first-order valence-electron chi connectivity index (χ1n) is 9.40. The molecule has 0 radical (unpaired) electrons. The van der Waals surface area contributed by atoms with Gasteiger partial charge >= 0.3 is 6.36 Å². The molecule has 0 aliphatic carbocycles. The third-order valence-corrected chi connectivity index (χ3v) is 5.35. The van der Waals surface area contributed by atoms with E-state index < -0.39 is 12.2 Å². The van der Waals surface area contributed by atoms with Gasteiger partial charge in [0.15, 0.2) is 0 Å². The van der Waals surface area contributed by atoms with Crippen LogP contribution in [0.25, 0.3) is 0 Å². The first-order chi connectivity index (χ1) is 15.0. The minimum Gasteiger partial charge on any atom is -0.406 e. The first-order valence-corrected chi connectivity index (χ1v) is 9.78. The maximum absolute atomic E-state index is 14.3. The van der Waals surface area contributed by atoms with Crippen molar-refractivity contribution in [3.05, 3.63) is 76.3 Å². The van der Waals surface area contributed by atoms with Crippen LogP contribution in [0.4, 0.5) is 34.6 Å². The second kappa shape index (κ2) is 7.98. The number of halogens is 5. The molecule has 0 bridgehead atoms. The molecule has 5 nitrogen and oxygen atoms in total. The summed E-state index contributed by atoms with van der Waals surface area (Å²) in [5.41, 5.74) is 2.67. The molecule has 0 saturated heterocycles. The molecule has 0 spiro atoms. The molecule has 10 heteroatoms. The molecule has 1 aliphatic heterocycles. The molecule has 0 N–H and O–H groups in total. The van der Waals surface area contributed by atoms with E-state index in [4.69, 9.17) is 11.6 Å². The molecular weight excluding hydrogens is 450 g/mol. The van der Waals surface area contributed by atoms with E-state index in [-0.39, 0.29) is 34.6 Å². The normalized spacial score (nSPS) is 13.9. The number of carbonyl (C=O) groups is 1. The van der Waals surface area contributed by atoms with Crippen LogP contribution in [0.5, 0.6) is 5.75 Å². The van der Waals surface area contributed by atoms with Crippen molar-refractivity contribution >= 4 is 34.6 Å². The molecule has 4 rings (SSSR count). The Balaban J connectivity index is 1.84. The lowest BCUT2D eigenvalue weighted by atomic mass is 10.0. The summed E-state index contributed by atoms with van der Waals surface area (Å²) in [4.78, 5) is 20.4. The molecule has 1 aromatic heterocycles. The molecule has 0 fully saturated rings. The van der Waals surface area contributed by atoms with Crippen LogP contribution < -0.4 is 14.5 Å². The molecule has 1 aliphatic rings. The highest BCUT2D eigenvalue weighted by Crippen LogP contribution is 2.40. The van der Waals surface area contributed by atoms with E-state index in [2.05, 4.69) is 9.72 Å². The lowest BCUT2D eigenvalue weighted by Crippen LogP contribution is -2.45. The van der Waals surface area contributed by atoms with Gasteiger partial charge in [-0.2, -0.15) is 0 Å². The largest absolute Gasteiger partial charge is 0.573 e. The Morgan fingerprint density at radius 2 is 1.72 bits per heavy atom. The van der Waals surface area contributed by atoms with Crippen molar-refractivity contribution in [1.82, 2.24) is 4.98 Å². The molecule has 32 heavy (non-hydrogen) atoms. The summed E-state index contributed by atoms with van der Waals surface area (Å²) in [6.45, 7) is 3.39. The number of hydrogen-bond acceptors (Lipinski definition) is 4. The number of hydrogen-bond donors (Lipinski definition) is 0. The Labute approximate surface area is 185 Å². The quantitative estimate of drug-likeness (QED) is 0.435. The summed E-state index contributed by atoms with van der Waals surface area (Å²) in [5, 5.41) is -0.212. The Kier molecular flexibility index (Phi) is 5.46. The predicted octanol–water partition coefficient (Wildman–Crippen LogP) is 6.15. The number of carbonyl (C=O) groups excluding carboxylic acids is 1. The van der Waals surface area contributed by atoms with Gasteiger partial charge in [-0.1, -0.05) is 11.6 Å². The van der Waals surface area contributed by atoms with Crippen LogP contribution in [0.1, 0.15) is 21.5 Å². The molecule has 0 saturated carbocycles. The van der Waals surface area contributed by atoms with Crippen LogP contribution >= 0.6 is 11.6 Å². The minimum atomic E-state index is -4.83. The van der Waals surface area contributed by atoms with Gasteiger partial charge in [-0.3, -0.25) is 14.7 Å². The number of aromatic nitrogens is 1. The van der Waals surface area contributed by atoms with Gasteiger partial charge in [0, 0.05) is 18.1 Å². The van der Waals surface area contributed by atoms with Crippen molar-refractivity contribution in [2.45, 2.75) is 20.2 Å². The van der Waals surface area contributed by atoms with Crippen LogP contribution in [-0.2, 0) is 0 Å². The highest BCUT2D eigenvalue weighted by atomic mass is 35.5. The fourth-order valence-electron chi connectivity index (χ4n) is 3.65. The summed E-state index contributed by atoms with van der Waals surface area (Å²) in [6, 6.07) is 7.90. The number of rotatable bonds is 3. The Morgan fingerprint density at radius 1 is 1.00 bits per heavy atom. The predicted molar refractivity (Wildman–Crippen MR) is 112 cm³/mol. The maximum atomic E-state index is 14.3. The number of aryl methyl sites for hydroxylation is 2. The first kappa shape index (κ1) is 21.9. The summed E-state index contributed by atoms with van der Waals surface area (Å²) in [7, 11) is 0. The summed E-state index contributed by atoms with van der Waals surface area (Å²) < 4.78 is 56.1. The SMILES string of the molecule is Cc1cnccc1N1CN(c2ccc(OC(F)(F)F)cc2C)c2cc(F)c(Cl)cc2C1=O. The standard InChI is InChI=1S/C22H16ClF4N3O2/c1-12-7-14(32-22(25,26)27)3-4-18(12)29-11-30(19-5-6-28-10-13(19)2)21(31)15-8-16(23)17(24)9-20(15)29/h3-10H,11H2,1-2H3. The van der Waals surface area contributed by atoms with Gasteiger partial charge in [-0.05, 0) is 61.4 Å². The van der Waals surface area contributed by atoms with Crippen molar-refractivity contribution in [3.8, 4) is 5.75 Å². The summed E-state index contributed by atoms with van der Waals surface area (Å²) >= 11 is 5.95. The number of benzene rings is 2. The average molecular weight is 466 g/mol. The van der Waals surface area contributed by atoms with Gasteiger partial charge in [-0.25, -0.2) is 4.39 Å². The zero-order valence-electron chi connectivity index (χ0n) is 16.9. The van der Waals surface area contributed by atoms with Crippen LogP contribution in [-0.4, -0.2) is 23.9 Å². The van der Waals surface area contributed by atoms with Crippen molar-refractivity contribution in [2.24, 2.45) is 0 Å². The third kappa shape index (κ3) is 4.08. The van der Waals surface area contributed by atoms with E-state index in [0.29, 0.717) is 16.9 Å². The van der Waals surface area contributed by atoms with E-state index in [9.17, 15) is 22.4 Å². The summed E-state index contributed by atoms with van der Waals surface area (Å²) in [5.74, 6) is -1.48. The molecule has 0 unspecified atom stereocenters. The molecule has 2 aromatic carbocycles. The van der Waals surface area contributed by atoms with Crippen LogP contribution in [0.15, 0.2) is 48.8 Å². The number of ether oxygens (including phenoxy) is 1. The molecule has 0 atom stereocenters. The number of anilines is 3. The van der Waals surface area contributed by atoms with E-state index >= 15 is 0 Å². The van der Waals surface area contributed by atoms with Gasteiger partial charge in [0.1, 0.15) is 18.2 Å². The number of alkyl halides is 3. The van der Waals surface area contributed by atoms with Gasteiger partial charge < -0.3 is 9.64 Å². The number of amides is 1. The van der Waals surface area contributed by atoms with Gasteiger partial charge in [0.2, 0.25) is 0 Å². The second-order valence-corrected chi connectivity index (χ2v) is 7.65. The maximum Gasteiger partial charge on any atom is 0.573 e. The summed E-state index contributed by atoms with van der Waals surface area (Å²) in [6.07, 6.45) is -1.68. The van der Waals surface area contributed by atoms with E-state index in [1.54, 1.807) is 37.2 Å². The zero-order valence-corrected chi connectivity index (χ0v) is 17.6. The Morgan fingerprint density at radius 3 is 2.38 bits per heavy atom. The third-order valence-electron chi connectivity index (χ3n) is 5.06. The monoisotopic (exact) mass is 465 g/mol. The zero-order chi connectivity index (χ0) is 23.2. The molecule has 3 aromatic rings. The van der Waals surface area contributed by atoms with Gasteiger partial charge in [-0.15, -0.1) is 13.2 Å². The van der Waals surface area contributed by atoms with Crippen molar-refractivity contribution in [1.29, 1.82) is 0 Å². The van der Waals surface area contributed by atoms with Gasteiger partial charge in [0.05, 0.1) is 22.0 Å². The molecule has 166 valence electrons. The van der Waals surface area contributed by atoms with Crippen molar-refractivity contribution in [2.75, 3.05) is 16.5 Å². The average Bonchev–Trinajstić information content (AvgIpc) is 2.70. The lowest BCUT2D eigenvalue weighted by Gasteiger charge is -2.39. The fraction of sp³-hybridized carbons (Fsp3) is 0.182. The number of pyridine rings is 1. The second-order valence-electron chi connectivity index (χ2n) is 7.24. The molecule has 1 amide bonds. The highest BCUT2D eigenvalue weighted by Gasteiger charge is 2.34. The van der Waals surface area contributed by atoms with Crippen LogP contribution in [0.2, 0.25) is 5.02 Å². The topological polar surface area (TPSA) is 45.7 Å². The van der Waals surface area contributed by atoms with E-state index in [0.717, 1.165) is 11.6 Å². The van der Waals surface area contributed by atoms with Crippen LogP contribution in [0.3, 0.4) is 0 Å². The molecule has 2 heterocycles. The van der Waals surface area contributed by atoms with Crippen molar-refractivity contribution < 1.29 is 27.1 Å². The highest BCUT2D eigenvalue weighted by molar-refractivity contribution is 6.31. The number of fused-ring (bicyclic) bond motifs is 1. The van der Waals surface area contributed by atoms with E-state index in [1.807, 2.05) is 0 Å². The van der Waals surface area contributed by atoms with Crippen molar-refractivity contribution in [3.63, 3.8) is 0 Å².